The van der Waals surface area contributed by atoms with Crippen LogP contribution in [0.1, 0.15) is 0 Å². The van der Waals surface area contributed by atoms with Gasteiger partial charge in [-0.15, -0.1) is 8.42 Å². The molecule has 2 heterocycles. The maximum Gasteiger partial charge on any atom is 0.501 e. The zero-order valence-corrected chi connectivity index (χ0v) is 12.0. The van der Waals surface area contributed by atoms with E-state index < -0.39 is 10.4 Å². The summed E-state index contributed by atoms with van der Waals surface area (Å²) in [6.45, 7) is 0. The van der Waals surface area contributed by atoms with E-state index in [0.29, 0.717) is 20.0 Å². The van der Waals surface area contributed by atoms with Gasteiger partial charge in [0, 0.05) is 0 Å². The first-order chi connectivity index (χ1) is 7.98. The molecule has 0 fully saturated rings. The summed E-state index contributed by atoms with van der Waals surface area (Å²) in [5, 5.41) is 0.525. The maximum absolute atomic E-state index is 11.4. The lowest BCUT2D eigenvalue weighted by molar-refractivity contribution is 0.384. The van der Waals surface area contributed by atoms with Gasteiger partial charge in [0.1, 0.15) is 4.60 Å². The van der Waals surface area contributed by atoms with Crippen molar-refractivity contribution in [2.24, 2.45) is 0 Å². The van der Waals surface area contributed by atoms with Crippen molar-refractivity contribution in [2.45, 2.75) is 0 Å². The summed E-state index contributed by atoms with van der Waals surface area (Å²) < 4.78 is 33.3. The first kappa shape index (κ1) is 11.2. The van der Waals surface area contributed by atoms with Crippen LogP contribution in [0.3, 0.4) is 0 Å². The van der Waals surface area contributed by atoms with Crippen LogP contribution < -0.4 is 8.37 Å². The lowest BCUT2D eigenvalue weighted by Crippen LogP contribution is -2.20. The van der Waals surface area contributed by atoms with Crippen LogP contribution in [0.2, 0.25) is 0 Å². The molecule has 0 radical (unpaired) electrons. The molecule has 0 spiro atoms. The molecule has 0 unspecified atom stereocenters. The minimum atomic E-state index is -4.06. The van der Waals surface area contributed by atoms with Crippen molar-refractivity contribution in [3.8, 4) is 11.5 Å². The highest BCUT2D eigenvalue weighted by molar-refractivity contribution is 9.13. The van der Waals surface area contributed by atoms with Crippen molar-refractivity contribution in [2.75, 3.05) is 0 Å². The third-order valence-electron chi connectivity index (χ3n) is 2.21. The highest BCUT2D eigenvalue weighted by atomic mass is 79.9. The lowest BCUT2D eigenvalue weighted by Gasteiger charge is -2.18. The maximum atomic E-state index is 11.4. The molecule has 0 aliphatic carbocycles. The Hall–Kier alpha value is -0.860. The number of aromatic nitrogens is 1. The van der Waals surface area contributed by atoms with Crippen molar-refractivity contribution in [1.82, 2.24) is 4.98 Å². The number of hydrogen-bond donors (Lipinski definition) is 0. The van der Waals surface area contributed by atoms with E-state index in [2.05, 4.69) is 36.8 Å². The molecular formula is C9H3Br2NO4S. The summed E-state index contributed by atoms with van der Waals surface area (Å²) in [7, 11) is -4.06. The molecule has 1 aliphatic heterocycles. The number of halogens is 2. The molecule has 88 valence electrons. The lowest BCUT2D eigenvalue weighted by atomic mass is 10.2. The molecule has 1 aromatic carbocycles. The second-order valence-corrected chi connectivity index (χ2v) is 5.96. The van der Waals surface area contributed by atoms with Crippen LogP contribution in [0.25, 0.3) is 10.9 Å². The monoisotopic (exact) mass is 379 g/mol. The van der Waals surface area contributed by atoms with Gasteiger partial charge in [0.05, 0.1) is 15.4 Å². The number of nitrogens with zero attached hydrogens (tertiary/aromatic N) is 1. The van der Waals surface area contributed by atoms with Gasteiger partial charge in [-0.1, -0.05) is 6.07 Å². The molecular weight excluding hydrogens is 378 g/mol. The van der Waals surface area contributed by atoms with Gasteiger partial charge in [-0.05, 0) is 44.0 Å². The largest absolute Gasteiger partial charge is 0.501 e. The molecule has 0 atom stereocenters. The van der Waals surface area contributed by atoms with Crippen LogP contribution in [-0.4, -0.2) is 13.4 Å². The van der Waals surface area contributed by atoms with Crippen LogP contribution in [0.15, 0.2) is 27.3 Å². The summed E-state index contributed by atoms with van der Waals surface area (Å²) in [6, 6.07) is 4.95. The van der Waals surface area contributed by atoms with Gasteiger partial charge in [0.2, 0.25) is 0 Å². The van der Waals surface area contributed by atoms with Crippen LogP contribution >= 0.6 is 31.9 Å². The van der Waals surface area contributed by atoms with E-state index in [1.165, 1.54) is 0 Å². The van der Waals surface area contributed by atoms with Gasteiger partial charge >= 0.3 is 10.4 Å². The molecule has 0 amide bonds. The van der Waals surface area contributed by atoms with Gasteiger partial charge in [-0.3, -0.25) is 0 Å². The Balaban J connectivity index is 2.52. The summed E-state index contributed by atoms with van der Waals surface area (Å²) in [5.41, 5.74) is 0.586. The third kappa shape index (κ3) is 1.71. The van der Waals surface area contributed by atoms with Crippen molar-refractivity contribution < 1.29 is 16.8 Å². The molecule has 1 aromatic heterocycles. The van der Waals surface area contributed by atoms with E-state index in [9.17, 15) is 8.42 Å². The Labute approximate surface area is 113 Å². The van der Waals surface area contributed by atoms with Gasteiger partial charge in [-0.2, -0.15) is 0 Å². The van der Waals surface area contributed by atoms with Crippen LogP contribution in [0.5, 0.6) is 11.5 Å². The molecule has 0 N–H and O–H groups in total. The third-order valence-corrected chi connectivity index (χ3v) is 4.80. The Kier molecular flexibility index (Phi) is 2.36. The minimum absolute atomic E-state index is 0.184. The molecule has 3 rings (SSSR count). The fraction of sp³-hybridized carbons (Fsp3) is 0. The molecule has 0 saturated heterocycles. The number of hydrogen-bond acceptors (Lipinski definition) is 5. The normalized spacial score (nSPS) is 16.4. The van der Waals surface area contributed by atoms with E-state index in [1.54, 1.807) is 18.2 Å². The fourth-order valence-electron chi connectivity index (χ4n) is 1.58. The van der Waals surface area contributed by atoms with Crippen molar-refractivity contribution in [1.29, 1.82) is 0 Å². The number of rotatable bonds is 0. The van der Waals surface area contributed by atoms with Gasteiger partial charge in [-0.25, -0.2) is 4.98 Å². The Bertz CT molecular complexity index is 744. The quantitative estimate of drug-likeness (QED) is 0.657. The Morgan fingerprint density at radius 3 is 2.71 bits per heavy atom. The summed E-state index contributed by atoms with van der Waals surface area (Å²) in [6.07, 6.45) is 0. The standard InChI is InChI=1S/C9H3Br2NO4S/c10-7-8-6-4(12-9(7)11)2-1-3-5(6)15-17(13,14)16-8/h1-3H. The Morgan fingerprint density at radius 1 is 1.18 bits per heavy atom. The minimum Gasteiger partial charge on any atom is -0.352 e. The predicted molar refractivity (Wildman–Crippen MR) is 67.3 cm³/mol. The highest BCUT2D eigenvalue weighted by Crippen LogP contribution is 2.45. The van der Waals surface area contributed by atoms with E-state index in [1.807, 2.05) is 0 Å². The van der Waals surface area contributed by atoms with Gasteiger partial charge < -0.3 is 8.37 Å². The summed E-state index contributed by atoms with van der Waals surface area (Å²) in [5.74, 6) is 0.396. The molecule has 0 saturated carbocycles. The summed E-state index contributed by atoms with van der Waals surface area (Å²) >= 11 is 6.45. The SMILES string of the molecule is O=S1(=O)Oc2cccc3nc(Br)c(Br)c(c23)O1. The zero-order chi connectivity index (χ0) is 12.2. The predicted octanol–water partition coefficient (Wildman–Crippen LogP) is 2.78. The van der Waals surface area contributed by atoms with Crippen LogP contribution in [0.4, 0.5) is 0 Å². The van der Waals surface area contributed by atoms with Gasteiger partial charge in [0.15, 0.2) is 11.5 Å². The molecule has 0 bridgehead atoms. The summed E-state index contributed by atoms with van der Waals surface area (Å²) in [4.78, 5) is 4.24. The average molecular weight is 381 g/mol. The first-order valence-corrected chi connectivity index (χ1v) is 7.31. The molecule has 2 aromatic rings. The van der Waals surface area contributed by atoms with E-state index >= 15 is 0 Å². The van der Waals surface area contributed by atoms with Crippen molar-refractivity contribution in [3.63, 3.8) is 0 Å². The average Bonchev–Trinajstić information content (AvgIpc) is 2.24. The zero-order valence-electron chi connectivity index (χ0n) is 7.98. The molecule has 17 heavy (non-hydrogen) atoms. The topological polar surface area (TPSA) is 65.5 Å². The van der Waals surface area contributed by atoms with Crippen molar-refractivity contribution >= 4 is 53.2 Å². The molecule has 5 nitrogen and oxygen atoms in total. The van der Waals surface area contributed by atoms with E-state index in [-0.39, 0.29) is 11.5 Å². The van der Waals surface area contributed by atoms with Crippen LogP contribution in [-0.2, 0) is 10.4 Å². The van der Waals surface area contributed by atoms with E-state index in [4.69, 9.17) is 8.37 Å². The highest BCUT2D eigenvalue weighted by Gasteiger charge is 2.29. The van der Waals surface area contributed by atoms with Crippen LogP contribution in [0, 0.1) is 0 Å². The first-order valence-electron chi connectivity index (χ1n) is 4.39. The van der Waals surface area contributed by atoms with E-state index in [0.717, 1.165) is 0 Å². The molecule has 1 aliphatic rings. The number of benzene rings is 1. The second kappa shape index (κ2) is 3.56. The van der Waals surface area contributed by atoms with Crippen molar-refractivity contribution in [3.05, 3.63) is 27.3 Å². The smallest absolute Gasteiger partial charge is 0.352 e. The fourth-order valence-corrected chi connectivity index (χ4v) is 3.19. The number of pyridine rings is 1. The van der Waals surface area contributed by atoms with Gasteiger partial charge in [0.25, 0.3) is 0 Å². The Morgan fingerprint density at radius 2 is 1.94 bits per heavy atom. The molecule has 8 heteroatoms. The second-order valence-electron chi connectivity index (χ2n) is 3.27.